The Bertz CT molecular complexity index is 1090. The summed E-state index contributed by atoms with van der Waals surface area (Å²) in [7, 11) is 1.35. The van der Waals surface area contributed by atoms with E-state index < -0.39 is 6.61 Å². The highest BCUT2D eigenvalue weighted by molar-refractivity contribution is 7.98. The van der Waals surface area contributed by atoms with Crippen LogP contribution in [0.5, 0.6) is 11.5 Å². The molecule has 0 bridgehead atoms. The largest absolute Gasteiger partial charge is 0.493 e. The van der Waals surface area contributed by atoms with E-state index in [-0.39, 0.29) is 17.3 Å². The Morgan fingerprint density at radius 2 is 2.10 bits per heavy atom. The third-order valence-electron chi connectivity index (χ3n) is 3.56. The molecule has 0 radical (unpaired) electrons. The Labute approximate surface area is 170 Å². The lowest BCUT2D eigenvalue weighted by Crippen LogP contribution is -2.03. The molecule has 0 aliphatic carbocycles. The summed E-state index contributed by atoms with van der Waals surface area (Å²) in [5, 5.41) is 14.2. The molecule has 3 heterocycles. The fraction of sp³-hybridized carbons (Fsp3) is 0.176. The van der Waals surface area contributed by atoms with E-state index in [4.69, 9.17) is 13.7 Å². The molecule has 8 nitrogen and oxygen atoms in total. The molecule has 3 aromatic heterocycles. The molecule has 0 amide bonds. The Morgan fingerprint density at radius 1 is 1.21 bits per heavy atom. The van der Waals surface area contributed by atoms with Gasteiger partial charge in [-0.15, -0.1) is 21.5 Å². The average molecular weight is 438 g/mol. The summed E-state index contributed by atoms with van der Waals surface area (Å²) in [6.45, 7) is -2.95. The number of rotatable bonds is 8. The van der Waals surface area contributed by atoms with Crippen LogP contribution in [0.2, 0.25) is 0 Å². The molecule has 4 rings (SSSR count). The molecular formula is C17H12F2N4O4S2. The molecule has 0 atom stereocenters. The molecule has 0 unspecified atom stereocenters. The smallest absolute Gasteiger partial charge is 0.387 e. The van der Waals surface area contributed by atoms with Gasteiger partial charge in [0.05, 0.1) is 17.7 Å². The lowest BCUT2D eigenvalue weighted by atomic mass is 10.2. The zero-order valence-electron chi connectivity index (χ0n) is 14.7. The van der Waals surface area contributed by atoms with Gasteiger partial charge in [0.2, 0.25) is 11.7 Å². The summed E-state index contributed by atoms with van der Waals surface area (Å²) in [4.78, 5) is 5.17. The van der Waals surface area contributed by atoms with Crippen LogP contribution in [0.1, 0.15) is 5.89 Å². The molecule has 0 fully saturated rings. The van der Waals surface area contributed by atoms with Gasteiger partial charge in [0, 0.05) is 5.56 Å². The van der Waals surface area contributed by atoms with Crippen molar-refractivity contribution in [1.29, 1.82) is 0 Å². The third-order valence-corrected chi connectivity index (χ3v) is 5.22. The number of halogens is 2. The van der Waals surface area contributed by atoms with E-state index in [0.717, 1.165) is 4.88 Å². The van der Waals surface area contributed by atoms with Gasteiger partial charge in [0.15, 0.2) is 11.5 Å². The fourth-order valence-corrected chi connectivity index (χ4v) is 3.57. The normalized spacial score (nSPS) is 11.2. The number of nitrogens with zero attached hydrogens (tertiary/aromatic N) is 4. The predicted molar refractivity (Wildman–Crippen MR) is 100 cm³/mol. The molecule has 12 heteroatoms. The summed E-state index contributed by atoms with van der Waals surface area (Å²) in [6.07, 6.45) is 0. The van der Waals surface area contributed by atoms with Gasteiger partial charge in [-0.25, -0.2) is 0 Å². The number of thiophene rings is 1. The van der Waals surface area contributed by atoms with Crippen LogP contribution in [0.4, 0.5) is 8.78 Å². The topological polar surface area (TPSA) is 96.3 Å². The van der Waals surface area contributed by atoms with Crippen molar-refractivity contribution < 1.29 is 27.2 Å². The first-order chi connectivity index (χ1) is 14.1. The van der Waals surface area contributed by atoms with Crippen molar-refractivity contribution in [2.75, 3.05) is 7.11 Å². The Kier molecular flexibility index (Phi) is 5.71. The van der Waals surface area contributed by atoms with Crippen LogP contribution in [0.25, 0.3) is 22.2 Å². The van der Waals surface area contributed by atoms with Gasteiger partial charge in [-0.05, 0) is 29.6 Å². The van der Waals surface area contributed by atoms with Crippen LogP contribution in [0, 0.1) is 0 Å². The molecule has 150 valence electrons. The van der Waals surface area contributed by atoms with E-state index in [9.17, 15) is 8.78 Å². The number of benzene rings is 1. The monoisotopic (exact) mass is 438 g/mol. The first kappa shape index (κ1) is 19.3. The highest BCUT2D eigenvalue weighted by Crippen LogP contribution is 2.33. The number of hydrogen-bond acceptors (Lipinski definition) is 10. The van der Waals surface area contributed by atoms with Crippen molar-refractivity contribution in [3.05, 3.63) is 41.6 Å². The van der Waals surface area contributed by atoms with Crippen molar-refractivity contribution in [3.8, 4) is 33.7 Å². The molecule has 29 heavy (non-hydrogen) atoms. The van der Waals surface area contributed by atoms with Gasteiger partial charge in [-0.2, -0.15) is 13.8 Å². The molecule has 0 spiro atoms. The van der Waals surface area contributed by atoms with E-state index in [1.165, 1.54) is 48.4 Å². The van der Waals surface area contributed by atoms with Gasteiger partial charge in [0.25, 0.3) is 11.1 Å². The maximum atomic E-state index is 12.4. The minimum Gasteiger partial charge on any atom is -0.493 e. The van der Waals surface area contributed by atoms with Crippen molar-refractivity contribution in [3.63, 3.8) is 0 Å². The van der Waals surface area contributed by atoms with E-state index in [2.05, 4.69) is 25.1 Å². The molecule has 4 aromatic rings. The number of thioether (sulfide) groups is 1. The maximum Gasteiger partial charge on any atom is 0.387 e. The minimum atomic E-state index is -2.95. The van der Waals surface area contributed by atoms with E-state index in [1.807, 2.05) is 17.5 Å². The zero-order valence-corrected chi connectivity index (χ0v) is 16.4. The highest BCUT2D eigenvalue weighted by Gasteiger charge is 2.16. The lowest BCUT2D eigenvalue weighted by molar-refractivity contribution is -0.0512. The second-order valence-electron chi connectivity index (χ2n) is 5.39. The van der Waals surface area contributed by atoms with Gasteiger partial charge in [0.1, 0.15) is 0 Å². The van der Waals surface area contributed by atoms with Crippen molar-refractivity contribution in [1.82, 2.24) is 20.3 Å². The third kappa shape index (κ3) is 4.54. The number of ether oxygens (including phenoxy) is 2. The Hall–Kier alpha value is -2.99. The van der Waals surface area contributed by atoms with E-state index in [1.54, 1.807) is 0 Å². The average Bonchev–Trinajstić information content (AvgIpc) is 3.47. The molecule has 0 N–H and O–H groups in total. The fourth-order valence-electron chi connectivity index (χ4n) is 2.32. The van der Waals surface area contributed by atoms with Gasteiger partial charge < -0.3 is 18.4 Å². The summed E-state index contributed by atoms with van der Waals surface area (Å²) in [5.74, 6) is 1.45. The second kappa shape index (κ2) is 8.57. The Morgan fingerprint density at radius 3 is 2.86 bits per heavy atom. The molecule has 0 saturated carbocycles. The lowest BCUT2D eigenvalue weighted by Gasteiger charge is -2.10. The van der Waals surface area contributed by atoms with Gasteiger partial charge >= 0.3 is 6.61 Å². The summed E-state index contributed by atoms with van der Waals surface area (Å²) < 4.78 is 45.2. The quantitative estimate of drug-likeness (QED) is 0.361. The van der Waals surface area contributed by atoms with Crippen LogP contribution >= 0.6 is 23.1 Å². The van der Waals surface area contributed by atoms with Crippen molar-refractivity contribution in [2.45, 2.75) is 17.6 Å². The van der Waals surface area contributed by atoms with Crippen molar-refractivity contribution in [2.24, 2.45) is 0 Å². The van der Waals surface area contributed by atoms with E-state index >= 15 is 0 Å². The van der Waals surface area contributed by atoms with Crippen LogP contribution in [-0.2, 0) is 5.75 Å². The highest BCUT2D eigenvalue weighted by atomic mass is 32.2. The number of aromatic nitrogens is 4. The standard InChI is InChI=1S/C17H12F2N4O4S2/c1-24-11-7-9(4-5-10(11)25-16(18)19)14-20-13(27-23-14)8-29-17-22-21-15(26-17)12-3-2-6-28-12/h2-7,16H,8H2,1H3. The first-order valence-electron chi connectivity index (χ1n) is 8.08. The maximum absolute atomic E-state index is 12.4. The summed E-state index contributed by atoms with van der Waals surface area (Å²) in [5.41, 5.74) is 0.529. The molecule has 0 aliphatic heterocycles. The van der Waals surface area contributed by atoms with Gasteiger partial charge in [-0.3, -0.25) is 0 Å². The molecule has 0 aliphatic rings. The number of alkyl halides is 2. The summed E-state index contributed by atoms with van der Waals surface area (Å²) >= 11 is 2.76. The van der Waals surface area contributed by atoms with Crippen LogP contribution in [0.15, 0.2) is 49.9 Å². The predicted octanol–water partition coefficient (Wildman–Crippen LogP) is 4.75. The van der Waals surface area contributed by atoms with Crippen molar-refractivity contribution >= 4 is 23.1 Å². The number of methoxy groups -OCH3 is 1. The molecule has 1 aromatic carbocycles. The minimum absolute atomic E-state index is 0.0801. The first-order valence-corrected chi connectivity index (χ1v) is 9.95. The van der Waals surface area contributed by atoms with Crippen LogP contribution in [-0.4, -0.2) is 34.1 Å². The van der Waals surface area contributed by atoms with Crippen LogP contribution in [0.3, 0.4) is 0 Å². The molecular weight excluding hydrogens is 426 g/mol. The Balaban J connectivity index is 1.43. The second-order valence-corrected chi connectivity index (χ2v) is 7.27. The zero-order chi connectivity index (χ0) is 20.2. The van der Waals surface area contributed by atoms with Gasteiger partial charge in [-0.1, -0.05) is 23.0 Å². The number of hydrogen-bond donors (Lipinski definition) is 0. The van der Waals surface area contributed by atoms with Crippen LogP contribution < -0.4 is 9.47 Å². The van der Waals surface area contributed by atoms with E-state index in [0.29, 0.717) is 28.3 Å². The summed E-state index contributed by atoms with van der Waals surface area (Å²) in [6, 6.07) is 8.18. The molecule has 0 saturated heterocycles. The SMILES string of the molecule is COc1cc(-c2noc(CSc3nnc(-c4cccs4)o3)n2)ccc1OC(F)F.